The lowest BCUT2D eigenvalue weighted by Crippen LogP contribution is -1.82. The molecule has 2 heteroatoms. The normalized spacial score (nSPS) is 11.0. The molecule has 0 spiro atoms. The molecule has 4 aromatic rings. The highest BCUT2D eigenvalue weighted by Gasteiger charge is 2.09. The van der Waals surface area contributed by atoms with E-state index in [0.717, 1.165) is 16.6 Å². The van der Waals surface area contributed by atoms with Crippen molar-refractivity contribution in [2.45, 2.75) is 6.92 Å². The molecule has 0 fully saturated rings. The van der Waals surface area contributed by atoms with Crippen LogP contribution in [0.15, 0.2) is 73.1 Å². The van der Waals surface area contributed by atoms with Crippen molar-refractivity contribution in [2.75, 3.05) is 0 Å². The van der Waals surface area contributed by atoms with Crippen LogP contribution in [0.25, 0.3) is 33.3 Å². The average molecular weight is 284 g/mol. The van der Waals surface area contributed by atoms with Gasteiger partial charge in [0, 0.05) is 28.9 Å². The molecule has 0 unspecified atom stereocenters. The molecule has 4 rings (SSSR count). The summed E-state index contributed by atoms with van der Waals surface area (Å²) in [5.41, 5.74) is 6.94. The second-order valence-electron chi connectivity index (χ2n) is 5.56. The van der Waals surface area contributed by atoms with Gasteiger partial charge in [-0.15, -0.1) is 0 Å². The van der Waals surface area contributed by atoms with Gasteiger partial charge in [-0.25, -0.2) is 4.98 Å². The maximum Gasteiger partial charge on any atom is 0.137 e. The van der Waals surface area contributed by atoms with Crippen LogP contribution in [0.4, 0.5) is 0 Å². The number of aromatic nitrogens is 2. The summed E-state index contributed by atoms with van der Waals surface area (Å²) in [4.78, 5) is 7.84. The molecule has 2 aromatic carbocycles. The number of hydrogen-bond acceptors (Lipinski definition) is 1. The fraction of sp³-hybridized carbons (Fsp3) is 0.0500. The maximum absolute atomic E-state index is 4.57. The Bertz CT molecular complexity index is 936. The number of H-pyrrole nitrogens is 1. The molecule has 2 heterocycles. The zero-order valence-corrected chi connectivity index (χ0v) is 12.4. The second-order valence-corrected chi connectivity index (χ2v) is 5.56. The molecule has 0 atom stereocenters. The van der Waals surface area contributed by atoms with E-state index in [4.69, 9.17) is 0 Å². The smallest absolute Gasteiger partial charge is 0.137 e. The third kappa shape index (κ3) is 2.19. The van der Waals surface area contributed by atoms with Gasteiger partial charge in [0.2, 0.25) is 0 Å². The number of fused-ring (bicyclic) bond motifs is 1. The van der Waals surface area contributed by atoms with Crippen LogP contribution in [0.1, 0.15) is 5.56 Å². The van der Waals surface area contributed by atoms with Crippen LogP contribution in [0.2, 0.25) is 0 Å². The van der Waals surface area contributed by atoms with Crippen molar-refractivity contribution < 1.29 is 0 Å². The Morgan fingerprint density at radius 3 is 2.45 bits per heavy atom. The monoisotopic (exact) mass is 284 g/mol. The zero-order chi connectivity index (χ0) is 14.9. The number of pyridine rings is 1. The number of aromatic amines is 1. The van der Waals surface area contributed by atoms with Gasteiger partial charge in [0.25, 0.3) is 0 Å². The Morgan fingerprint density at radius 2 is 1.64 bits per heavy atom. The highest BCUT2D eigenvalue weighted by molar-refractivity contribution is 5.95. The first-order valence-electron chi connectivity index (χ1n) is 7.41. The summed E-state index contributed by atoms with van der Waals surface area (Å²) in [6.45, 7) is 2.12. The summed E-state index contributed by atoms with van der Waals surface area (Å²) in [5.74, 6) is 0. The lowest BCUT2D eigenvalue weighted by molar-refractivity contribution is 1.32. The van der Waals surface area contributed by atoms with E-state index in [0.29, 0.717) is 0 Å². The van der Waals surface area contributed by atoms with Gasteiger partial charge in [0.1, 0.15) is 5.65 Å². The van der Waals surface area contributed by atoms with Gasteiger partial charge in [-0.05, 0) is 24.1 Å². The summed E-state index contributed by atoms with van der Waals surface area (Å²) in [6.07, 6.45) is 3.97. The molecule has 0 radical (unpaired) electrons. The highest BCUT2D eigenvalue weighted by Crippen LogP contribution is 2.31. The molecule has 1 N–H and O–H groups in total. The summed E-state index contributed by atoms with van der Waals surface area (Å²) >= 11 is 0. The van der Waals surface area contributed by atoms with Crippen molar-refractivity contribution >= 4 is 11.0 Å². The van der Waals surface area contributed by atoms with Crippen molar-refractivity contribution in [1.29, 1.82) is 0 Å². The van der Waals surface area contributed by atoms with E-state index in [9.17, 15) is 0 Å². The van der Waals surface area contributed by atoms with Gasteiger partial charge in [0.05, 0.1) is 0 Å². The third-order valence-electron chi connectivity index (χ3n) is 3.97. The van der Waals surface area contributed by atoms with Crippen LogP contribution in [-0.2, 0) is 0 Å². The Labute approximate surface area is 129 Å². The fourth-order valence-corrected chi connectivity index (χ4v) is 2.84. The molecule has 0 aliphatic heterocycles. The van der Waals surface area contributed by atoms with Crippen molar-refractivity contribution in [3.63, 3.8) is 0 Å². The molecule has 0 aliphatic carbocycles. The molecule has 22 heavy (non-hydrogen) atoms. The molecule has 0 amide bonds. The lowest BCUT2D eigenvalue weighted by atomic mass is 10.0. The Balaban J connectivity index is 1.91. The summed E-state index contributed by atoms with van der Waals surface area (Å²) in [7, 11) is 0. The van der Waals surface area contributed by atoms with Crippen LogP contribution in [0, 0.1) is 6.92 Å². The van der Waals surface area contributed by atoms with Crippen molar-refractivity contribution in [1.82, 2.24) is 9.97 Å². The number of nitrogens with one attached hydrogen (secondary N) is 1. The van der Waals surface area contributed by atoms with Crippen molar-refractivity contribution in [2.24, 2.45) is 0 Å². The third-order valence-corrected chi connectivity index (χ3v) is 3.97. The van der Waals surface area contributed by atoms with Gasteiger partial charge in [0.15, 0.2) is 0 Å². The second kappa shape index (κ2) is 5.15. The van der Waals surface area contributed by atoms with E-state index in [2.05, 4.69) is 71.5 Å². The SMILES string of the molecule is Cc1cccc(-c2c[nH]c3ncc(-c4ccccc4)cc23)c1. The minimum atomic E-state index is 0.927. The molecular weight excluding hydrogens is 268 g/mol. The quantitative estimate of drug-likeness (QED) is 0.538. The van der Waals surface area contributed by atoms with Crippen LogP contribution in [-0.4, -0.2) is 9.97 Å². The molecule has 0 saturated carbocycles. The van der Waals surface area contributed by atoms with E-state index < -0.39 is 0 Å². The Morgan fingerprint density at radius 1 is 0.818 bits per heavy atom. The Hall–Kier alpha value is -2.87. The standard InChI is InChI=1S/C20H16N2/c1-14-6-5-9-16(10-14)19-13-22-20-18(19)11-17(12-21-20)15-7-3-2-4-8-15/h2-13H,1H3,(H,21,22). The molecular formula is C20H16N2. The first kappa shape index (κ1) is 12.8. The van der Waals surface area contributed by atoms with Crippen LogP contribution in [0.3, 0.4) is 0 Å². The molecule has 2 nitrogen and oxygen atoms in total. The van der Waals surface area contributed by atoms with Crippen LogP contribution < -0.4 is 0 Å². The molecule has 0 bridgehead atoms. The minimum Gasteiger partial charge on any atom is -0.346 e. The number of nitrogens with zero attached hydrogens (tertiary/aromatic N) is 1. The summed E-state index contributed by atoms with van der Waals surface area (Å²) < 4.78 is 0. The average Bonchev–Trinajstić information content (AvgIpc) is 2.99. The molecule has 106 valence electrons. The largest absolute Gasteiger partial charge is 0.346 e. The Kier molecular flexibility index (Phi) is 3.01. The highest BCUT2D eigenvalue weighted by atomic mass is 14.8. The topological polar surface area (TPSA) is 28.7 Å². The van der Waals surface area contributed by atoms with Gasteiger partial charge in [-0.1, -0.05) is 60.2 Å². The van der Waals surface area contributed by atoms with E-state index in [1.165, 1.54) is 22.3 Å². The van der Waals surface area contributed by atoms with Crippen LogP contribution in [0.5, 0.6) is 0 Å². The van der Waals surface area contributed by atoms with Crippen LogP contribution >= 0.6 is 0 Å². The minimum absolute atomic E-state index is 0.927. The molecule has 0 aliphatic rings. The van der Waals surface area contributed by atoms with E-state index >= 15 is 0 Å². The zero-order valence-electron chi connectivity index (χ0n) is 12.4. The first-order valence-corrected chi connectivity index (χ1v) is 7.41. The number of aryl methyl sites for hydroxylation is 1. The first-order chi connectivity index (χ1) is 10.8. The summed E-state index contributed by atoms with van der Waals surface area (Å²) in [6, 6.07) is 21.1. The van der Waals surface area contributed by atoms with E-state index in [1.54, 1.807) is 0 Å². The van der Waals surface area contributed by atoms with E-state index in [1.807, 2.05) is 18.5 Å². The summed E-state index contributed by atoms with van der Waals surface area (Å²) in [5, 5.41) is 1.16. The van der Waals surface area contributed by atoms with Gasteiger partial charge >= 0.3 is 0 Å². The van der Waals surface area contributed by atoms with E-state index in [-0.39, 0.29) is 0 Å². The fourth-order valence-electron chi connectivity index (χ4n) is 2.84. The van der Waals surface area contributed by atoms with Gasteiger partial charge < -0.3 is 4.98 Å². The van der Waals surface area contributed by atoms with Gasteiger partial charge in [-0.2, -0.15) is 0 Å². The maximum atomic E-state index is 4.57. The van der Waals surface area contributed by atoms with Gasteiger partial charge in [-0.3, -0.25) is 0 Å². The number of hydrogen-bond donors (Lipinski definition) is 1. The number of rotatable bonds is 2. The predicted molar refractivity (Wildman–Crippen MR) is 91.7 cm³/mol. The molecule has 0 saturated heterocycles. The number of benzene rings is 2. The van der Waals surface area contributed by atoms with Crippen molar-refractivity contribution in [3.05, 3.63) is 78.6 Å². The molecule has 2 aromatic heterocycles. The van der Waals surface area contributed by atoms with Crippen molar-refractivity contribution in [3.8, 4) is 22.3 Å². The predicted octanol–water partition coefficient (Wildman–Crippen LogP) is 5.21. The lowest BCUT2D eigenvalue weighted by Gasteiger charge is -2.04.